The maximum absolute atomic E-state index is 13.4. The third-order valence-corrected chi connectivity index (χ3v) is 14.5. The number of benzene rings is 3. The first-order valence-electron chi connectivity index (χ1n) is 23.3. The maximum Gasteiger partial charge on any atom is 0.306 e. The molecular formula is C54H60N6O7S2. The summed E-state index contributed by atoms with van der Waals surface area (Å²) in [4.78, 5) is 27.3. The molecule has 0 radical (unpaired) electrons. The summed E-state index contributed by atoms with van der Waals surface area (Å²) in [6, 6.07) is 32.1. The van der Waals surface area contributed by atoms with Crippen LogP contribution in [0.5, 0.6) is 23.0 Å². The number of nitrogens with zero attached hydrogens (tertiary/aromatic N) is 6. The highest BCUT2D eigenvalue weighted by Crippen LogP contribution is 2.36. The highest BCUT2D eigenvalue weighted by Gasteiger charge is 2.26. The molecule has 0 atom stereocenters. The van der Waals surface area contributed by atoms with Gasteiger partial charge in [-0.15, -0.1) is 22.7 Å². The Bertz CT molecular complexity index is 2690. The van der Waals surface area contributed by atoms with E-state index in [1.54, 1.807) is 63.2 Å². The molecule has 2 fully saturated rings. The van der Waals surface area contributed by atoms with Crippen molar-refractivity contribution < 1.29 is 33.2 Å². The van der Waals surface area contributed by atoms with Gasteiger partial charge >= 0.3 is 5.97 Å². The number of thiophene rings is 2. The van der Waals surface area contributed by atoms with Gasteiger partial charge in [-0.05, 0) is 122 Å². The van der Waals surface area contributed by atoms with E-state index in [9.17, 15) is 15.3 Å². The van der Waals surface area contributed by atoms with Crippen LogP contribution in [-0.2, 0) is 14.3 Å². The standard InChI is InChI=1S/C54H60N6O7S2/c1-7-58(8-2)42-13-11-41(12-14-42)57-51(66-43-23-27-59(28-24-43)52-20-15-45(68-52)31-39(35-55)37-9-17-47(62-3)49(33-37)64-5)19-22-54(61)67-44-25-29-60(30-26-44)53-21-16-46(69-53)32-40(36-56)38-10-18-48(63-4)50(34-38)65-6/h9-18,20-21,31-34,43-44H,7-8,19,22-30H2,1-6H3. The average Bonchev–Trinajstić information content (AvgIpc) is 4.07. The van der Waals surface area contributed by atoms with Crippen LogP contribution in [-0.4, -0.2) is 91.8 Å². The SMILES string of the molecule is CCN(CC)c1ccc(N=C(CCC(=O)OC2CCN(c3ccc(C=C(C#N)c4ccc(OC)c(OC)c4)s3)CC2)OC2CCN(c3ccc(C=C(C#N)c4ccc(OC)c(OC)c4)s3)CC2)cc1. The molecular weight excluding hydrogens is 909 g/mol. The van der Waals surface area contributed by atoms with Crippen LogP contribution < -0.4 is 33.6 Å². The number of hydrogen-bond acceptors (Lipinski definition) is 15. The van der Waals surface area contributed by atoms with E-state index >= 15 is 0 Å². The van der Waals surface area contributed by atoms with E-state index < -0.39 is 0 Å². The van der Waals surface area contributed by atoms with Crippen LogP contribution in [0, 0.1) is 22.7 Å². The van der Waals surface area contributed by atoms with Gasteiger partial charge in [-0.2, -0.15) is 10.5 Å². The minimum Gasteiger partial charge on any atom is -0.493 e. The Kier molecular flexibility index (Phi) is 17.6. The molecule has 2 aromatic heterocycles. The summed E-state index contributed by atoms with van der Waals surface area (Å²) >= 11 is 3.28. The predicted octanol–water partition coefficient (Wildman–Crippen LogP) is 11.5. The largest absolute Gasteiger partial charge is 0.493 e. The lowest BCUT2D eigenvalue weighted by molar-refractivity contribution is -0.149. The van der Waals surface area contributed by atoms with Crippen molar-refractivity contribution in [3.8, 4) is 35.1 Å². The van der Waals surface area contributed by atoms with Gasteiger partial charge in [0.25, 0.3) is 0 Å². The Morgan fingerprint density at radius 2 is 1.10 bits per heavy atom. The second-order valence-corrected chi connectivity index (χ2v) is 18.7. The maximum atomic E-state index is 13.4. The number of allylic oxidation sites excluding steroid dienone is 2. The summed E-state index contributed by atoms with van der Waals surface area (Å²) in [5.41, 5.74) is 4.50. The second kappa shape index (κ2) is 24.4. The normalized spacial score (nSPS) is 15.0. The van der Waals surface area contributed by atoms with E-state index in [4.69, 9.17) is 33.4 Å². The molecule has 13 nitrogen and oxygen atoms in total. The molecule has 69 heavy (non-hydrogen) atoms. The number of piperidine rings is 2. The topological polar surface area (TPSA) is 142 Å². The first-order valence-corrected chi connectivity index (χ1v) is 25.0. The van der Waals surface area contributed by atoms with E-state index in [0.717, 1.165) is 107 Å². The molecule has 3 aromatic carbocycles. The molecule has 0 bridgehead atoms. The Balaban J connectivity index is 0.938. The lowest BCUT2D eigenvalue weighted by atomic mass is 10.1. The molecule has 0 spiro atoms. The monoisotopic (exact) mass is 968 g/mol. The third-order valence-electron chi connectivity index (χ3n) is 12.3. The van der Waals surface area contributed by atoms with Crippen molar-refractivity contribution in [2.24, 2.45) is 4.99 Å². The van der Waals surface area contributed by atoms with Crippen molar-refractivity contribution in [2.45, 2.75) is 64.6 Å². The Hall–Kier alpha value is -6.94. The van der Waals surface area contributed by atoms with Gasteiger partial charge in [0.2, 0.25) is 0 Å². The molecule has 360 valence electrons. The highest BCUT2D eigenvalue weighted by atomic mass is 32.1. The molecule has 0 aliphatic carbocycles. The van der Waals surface area contributed by atoms with Gasteiger partial charge in [0.1, 0.15) is 12.2 Å². The van der Waals surface area contributed by atoms with Crippen LogP contribution in [0.2, 0.25) is 0 Å². The zero-order valence-electron chi connectivity index (χ0n) is 40.2. The fraction of sp³-hybridized carbons (Fsp3) is 0.370. The van der Waals surface area contributed by atoms with Gasteiger partial charge in [0.05, 0.1) is 73.8 Å². The fourth-order valence-electron chi connectivity index (χ4n) is 8.48. The van der Waals surface area contributed by atoms with Crippen molar-refractivity contribution in [1.29, 1.82) is 10.5 Å². The van der Waals surface area contributed by atoms with Crippen molar-refractivity contribution in [2.75, 3.05) is 82.4 Å². The summed E-state index contributed by atoms with van der Waals surface area (Å²) < 4.78 is 34.3. The van der Waals surface area contributed by atoms with Crippen LogP contribution in [0.1, 0.15) is 73.3 Å². The van der Waals surface area contributed by atoms with Crippen LogP contribution in [0.25, 0.3) is 23.3 Å². The zero-order valence-corrected chi connectivity index (χ0v) is 41.9. The first-order chi connectivity index (χ1) is 33.7. The van der Waals surface area contributed by atoms with E-state index in [1.165, 1.54) is 0 Å². The van der Waals surface area contributed by atoms with Gasteiger partial charge in [-0.1, -0.05) is 0 Å². The van der Waals surface area contributed by atoms with Crippen LogP contribution in [0.4, 0.5) is 21.4 Å². The summed E-state index contributed by atoms with van der Waals surface area (Å²) in [7, 11) is 6.34. The first kappa shape index (κ1) is 50.0. The number of esters is 1. The summed E-state index contributed by atoms with van der Waals surface area (Å²) in [5.74, 6) is 2.64. The minimum atomic E-state index is -0.257. The number of anilines is 3. The molecule has 4 heterocycles. The quantitative estimate of drug-likeness (QED) is 0.0336. The number of nitriles is 2. The van der Waals surface area contributed by atoms with Crippen LogP contribution >= 0.6 is 22.7 Å². The molecule has 2 aliphatic heterocycles. The van der Waals surface area contributed by atoms with Crippen LogP contribution in [0.3, 0.4) is 0 Å². The summed E-state index contributed by atoms with van der Waals surface area (Å²) in [5, 5.41) is 22.3. The molecule has 2 aliphatic rings. The Morgan fingerprint density at radius 3 is 1.54 bits per heavy atom. The molecule has 0 unspecified atom stereocenters. The number of rotatable bonds is 19. The Morgan fingerprint density at radius 1 is 0.638 bits per heavy atom. The van der Waals surface area contributed by atoms with Crippen LogP contribution in [0.15, 0.2) is 89.9 Å². The van der Waals surface area contributed by atoms with Gasteiger partial charge in [0, 0.05) is 86.8 Å². The number of carbonyl (C=O) groups excluding carboxylic acids is 1. The molecule has 2 saturated heterocycles. The minimum absolute atomic E-state index is 0.0597. The average molecular weight is 969 g/mol. The van der Waals surface area contributed by atoms with Crippen molar-refractivity contribution >= 4 is 79.2 Å². The number of carbonyl (C=O) groups is 1. The number of aliphatic imine (C=N–C) groups is 1. The van der Waals surface area contributed by atoms with Gasteiger partial charge in [-0.25, -0.2) is 4.99 Å². The smallest absolute Gasteiger partial charge is 0.306 e. The molecule has 0 saturated carbocycles. The molecule has 7 rings (SSSR count). The van der Waals surface area contributed by atoms with Crippen molar-refractivity contribution in [3.05, 3.63) is 106 Å². The lowest BCUT2D eigenvalue weighted by Gasteiger charge is -2.33. The number of methoxy groups -OCH3 is 4. The second-order valence-electron chi connectivity index (χ2n) is 16.5. The van der Waals surface area contributed by atoms with E-state index in [-0.39, 0.29) is 24.6 Å². The number of hydrogen-bond donors (Lipinski definition) is 0. The van der Waals surface area contributed by atoms with Gasteiger partial charge in [-0.3, -0.25) is 4.79 Å². The third kappa shape index (κ3) is 13.0. The predicted molar refractivity (Wildman–Crippen MR) is 279 cm³/mol. The lowest BCUT2D eigenvalue weighted by Crippen LogP contribution is -2.38. The van der Waals surface area contributed by atoms with Gasteiger partial charge in [0.15, 0.2) is 28.9 Å². The summed E-state index contributed by atoms with van der Waals surface area (Å²) in [6.45, 7) is 9.22. The molecule has 0 amide bonds. The molecule has 15 heteroatoms. The Labute approximate surface area is 414 Å². The van der Waals surface area contributed by atoms with E-state index in [2.05, 4.69) is 65.0 Å². The fourth-order valence-corrected chi connectivity index (χ4v) is 10.5. The zero-order chi connectivity index (χ0) is 48.7. The summed E-state index contributed by atoms with van der Waals surface area (Å²) in [6.07, 6.45) is 7.09. The van der Waals surface area contributed by atoms with Crippen molar-refractivity contribution in [3.63, 3.8) is 0 Å². The van der Waals surface area contributed by atoms with Crippen molar-refractivity contribution in [1.82, 2.24) is 0 Å². The number of ether oxygens (including phenoxy) is 6. The molecule has 0 N–H and O–H groups in total. The van der Waals surface area contributed by atoms with E-state index in [1.807, 2.05) is 60.7 Å². The molecule has 5 aromatic rings. The van der Waals surface area contributed by atoms with E-state index in [0.29, 0.717) is 46.5 Å². The van der Waals surface area contributed by atoms with Gasteiger partial charge < -0.3 is 43.1 Å². The highest BCUT2D eigenvalue weighted by molar-refractivity contribution is 7.17.